The van der Waals surface area contributed by atoms with Crippen molar-refractivity contribution in [3.8, 4) is 0 Å². The fraction of sp³-hybridized carbons (Fsp3) is 0.750. The molecule has 136 valence electrons. The molecule has 1 rings (SSSR count). The Hall–Kier alpha value is -2.12. The van der Waals surface area contributed by atoms with Crippen LogP contribution in [0.25, 0.3) is 0 Å². The highest BCUT2D eigenvalue weighted by molar-refractivity contribution is 5.99. The standard InChI is InChI=1S/C16H26N2O6/c19-12(11-14(20)18-13-8-10-24-15(13)21)7-5-3-1-2-4-6-9-17-16(22)23/h13,17H,1-11H2,(H,18,20)(H,22,23). The van der Waals surface area contributed by atoms with Gasteiger partial charge in [0.05, 0.1) is 13.0 Å². The zero-order valence-electron chi connectivity index (χ0n) is 13.8. The minimum atomic E-state index is -0.998. The van der Waals surface area contributed by atoms with Gasteiger partial charge in [0, 0.05) is 19.4 Å². The summed E-state index contributed by atoms with van der Waals surface area (Å²) in [4.78, 5) is 44.8. The van der Waals surface area contributed by atoms with E-state index in [2.05, 4.69) is 10.6 Å². The number of Topliss-reactive ketones (excluding diaryl/α,β-unsaturated/α-hetero) is 1. The predicted molar refractivity (Wildman–Crippen MR) is 85.5 cm³/mol. The van der Waals surface area contributed by atoms with Gasteiger partial charge in [-0.15, -0.1) is 0 Å². The van der Waals surface area contributed by atoms with Gasteiger partial charge in [-0.3, -0.25) is 9.59 Å². The van der Waals surface area contributed by atoms with Crippen LogP contribution in [0, 0.1) is 0 Å². The molecule has 0 aromatic carbocycles. The maximum Gasteiger partial charge on any atom is 0.404 e. The highest BCUT2D eigenvalue weighted by Gasteiger charge is 2.28. The summed E-state index contributed by atoms with van der Waals surface area (Å²) in [5, 5.41) is 13.2. The lowest BCUT2D eigenvalue weighted by Crippen LogP contribution is -2.38. The summed E-state index contributed by atoms with van der Waals surface area (Å²) in [6, 6.07) is -0.610. The number of esters is 1. The third-order valence-electron chi connectivity index (χ3n) is 3.79. The summed E-state index contributed by atoms with van der Waals surface area (Å²) in [5.74, 6) is -0.978. The zero-order valence-corrected chi connectivity index (χ0v) is 13.8. The normalized spacial score (nSPS) is 16.5. The Morgan fingerprint density at radius 2 is 1.75 bits per heavy atom. The number of hydrogen-bond acceptors (Lipinski definition) is 5. The molecule has 0 saturated carbocycles. The third-order valence-corrected chi connectivity index (χ3v) is 3.79. The van der Waals surface area contributed by atoms with Gasteiger partial charge in [0.25, 0.3) is 0 Å². The Morgan fingerprint density at radius 1 is 1.08 bits per heavy atom. The van der Waals surface area contributed by atoms with Gasteiger partial charge in [0.15, 0.2) is 0 Å². The van der Waals surface area contributed by atoms with Crippen molar-refractivity contribution < 1.29 is 29.0 Å². The molecule has 1 saturated heterocycles. The molecular formula is C16H26N2O6. The molecule has 8 heteroatoms. The van der Waals surface area contributed by atoms with Crippen molar-refractivity contribution in [3.05, 3.63) is 0 Å². The number of cyclic esters (lactones) is 1. The van der Waals surface area contributed by atoms with Crippen LogP contribution in [0.5, 0.6) is 0 Å². The molecule has 24 heavy (non-hydrogen) atoms. The van der Waals surface area contributed by atoms with Crippen LogP contribution in [0.15, 0.2) is 0 Å². The molecule has 1 heterocycles. The molecule has 0 aromatic rings. The summed E-state index contributed by atoms with van der Waals surface area (Å²) in [7, 11) is 0. The molecule has 1 fully saturated rings. The lowest BCUT2D eigenvalue weighted by molar-refractivity contribution is -0.142. The van der Waals surface area contributed by atoms with E-state index in [1.807, 2.05) is 0 Å². The summed E-state index contributed by atoms with van der Waals surface area (Å²) < 4.78 is 4.74. The number of carbonyl (C=O) groups excluding carboxylic acids is 3. The number of unbranched alkanes of at least 4 members (excludes halogenated alkanes) is 5. The first-order valence-electron chi connectivity index (χ1n) is 8.43. The second kappa shape index (κ2) is 11.4. The first kappa shape index (κ1) is 19.9. The molecule has 0 radical (unpaired) electrons. The molecule has 3 N–H and O–H groups in total. The van der Waals surface area contributed by atoms with Crippen molar-refractivity contribution >= 4 is 23.8 Å². The highest BCUT2D eigenvalue weighted by atomic mass is 16.5. The molecular weight excluding hydrogens is 316 g/mol. The summed E-state index contributed by atoms with van der Waals surface area (Å²) in [6.45, 7) is 0.779. The predicted octanol–water partition coefficient (Wildman–Crippen LogP) is 1.38. The largest absolute Gasteiger partial charge is 0.465 e. The van der Waals surface area contributed by atoms with Gasteiger partial charge in [0.1, 0.15) is 11.8 Å². The Balaban J connectivity index is 1.95. The van der Waals surface area contributed by atoms with Crippen LogP contribution in [-0.2, 0) is 19.1 Å². The minimum absolute atomic E-state index is 0.121. The molecule has 1 aliphatic heterocycles. The monoisotopic (exact) mass is 342 g/mol. The molecule has 0 bridgehead atoms. The number of rotatable bonds is 12. The topological polar surface area (TPSA) is 122 Å². The number of nitrogens with one attached hydrogen (secondary N) is 2. The van der Waals surface area contributed by atoms with Crippen molar-refractivity contribution in [2.45, 2.75) is 63.8 Å². The van der Waals surface area contributed by atoms with E-state index in [4.69, 9.17) is 9.84 Å². The molecule has 1 unspecified atom stereocenters. The maximum atomic E-state index is 11.7. The van der Waals surface area contributed by atoms with E-state index >= 15 is 0 Å². The van der Waals surface area contributed by atoms with Crippen molar-refractivity contribution in [1.82, 2.24) is 10.6 Å². The van der Waals surface area contributed by atoms with Crippen LogP contribution >= 0.6 is 0 Å². The van der Waals surface area contributed by atoms with Gasteiger partial charge in [-0.25, -0.2) is 9.59 Å². The summed E-state index contributed by atoms with van der Waals surface area (Å²) >= 11 is 0. The molecule has 0 aliphatic carbocycles. The highest BCUT2D eigenvalue weighted by Crippen LogP contribution is 2.09. The molecule has 1 aliphatic rings. The van der Waals surface area contributed by atoms with Gasteiger partial charge in [-0.2, -0.15) is 0 Å². The summed E-state index contributed by atoms with van der Waals surface area (Å²) in [5.41, 5.74) is 0. The van der Waals surface area contributed by atoms with Crippen LogP contribution in [0.3, 0.4) is 0 Å². The Bertz CT molecular complexity index is 452. The smallest absolute Gasteiger partial charge is 0.404 e. The quantitative estimate of drug-likeness (QED) is 0.280. The number of ketones is 1. The van der Waals surface area contributed by atoms with E-state index in [1.54, 1.807) is 0 Å². The van der Waals surface area contributed by atoms with E-state index in [-0.39, 0.29) is 12.2 Å². The van der Waals surface area contributed by atoms with Gasteiger partial charge in [0.2, 0.25) is 5.91 Å². The Labute approximate surface area is 141 Å². The van der Waals surface area contributed by atoms with E-state index in [0.717, 1.165) is 38.5 Å². The van der Waals surface area contributed by atoms with Crippen LogP contribution in [0.4, 0.5) is 4.79 Å². The SMILES string of the molecule is O=C(CCCCCCCCNC(=O)O)CC(=O)NC1CCOC1=O. The zero-order chi connectivity index (χ0) is 17.8. The first-order chi connectivity index (χ1) is 11.5. The van der Waals surface area contributed by atoms with Crippen molar-refractivity contribution in [3.63, 3.8) is 0 Å². The summed E-state index contributed by atoms with van der Waals surface area (Å²) in [6.07, 6.45) is 5.04. The number of carbonyl (C=O) groups is 4. The number of hydrogen-bond donors (Lipinski definition) is 3. The van der Waals surface area contributed by atoms with E-state index in [0.29, 0.717) is 26.0 Å². The first-order valence-corrected chi connectivity index (χ1v) is 8.43. The minimum Gasteiger partial charge on any atom is -0.465 e. The lowest BCUT2D eigenvalue weighted by atomic mass is 10.1. The molecule has 2 amide bonds. The van der Waals surface area contributed by atoms with Gasteiger partial charge >= 0.3 is 12.1 Å². The van der Waals surface area contributed by atoms with Gasteiger partial charge < -0.3 is 20.5 Å². The van der Waals surface area contributed by atoms with Crippen LogP contribution in [-0.4, -0.2) is 48.1 Å². The van der Waals surface area contributed by atoms with Crippen molar-refractivity contribution in [2.24, 2.45) is 0 Å². The van der Waals surface area contributed by atoms with E-state index in [1.165, 1.54) is 0 Å². The number of carboxylic acid groups (broad SMARTS) is 1. The van der Waals surface area contributed by atoms with Gasteiger partial charge in [-0.1, -0.05) is 25.7 Å². The van der Waals surface area contributed by atoms with Crippen LogP contribution < -0.4 is 10.6 Å². The Kier molecular flexibility index (Phi) is 9.48. The number of ether oxygens (including phenoxy) is 1. The van der Waals surface area contributed by atoms with Gasteiger partial charge in [-0.05, 0) is 12.8 Å². The van der Waals surface area contributed by atoms with E-state index < -0.39 is 24.0 Å². The molecule has 8 nitrogen and oxygen atoms in total. The molecule has 0 spiro atoms. The van der Waals surface area contributed by atoms with Crippen LogP contribution in [0.2, 0.25) is 0 Å². The second-order valence-corrected chi connectivity index (χ2v) is 5.89. The van der Waals surface area contributed by atoms with Crippen molar-refractivity contribution in [2.75, 3.05) is 13.2 Å². The average molecular weight is 342 g/mol. The molecule has 0 aromatic heterocycles. The maximum absolute atomic E-state index is 11.7. The third kappa shape index (κ3) is 9.12. The molecule has 1 atom stereocenters. The Morgan fingerprint density at radius 3 is 2.38 bits per heavy atom. The van der Waals surface area contributed by atoms with E-state index in [9.17, 15) is 19.2 Å². The number of amides is 2. The van der Waals surface area contributed by atoms with Crippen molar-refractivity contribution in [1.29, 1.82) is 0 Å². The fourth-order valence-electron chi connectivity index (χ4n) is 2.49. The average Bonchev–Trinajstić information content (AvgIpc) is 2.90. The fourth-order valence-corrected chi connectivity index (χ4v) is 2.49. The second-order valence-electron chi connectivity index (χ2n) is 5.89. The van der Waals surface area contributed by atoms with Crippen LogP contribution in [0.1, 0.15) is 57.8 Å². The lowest BCUT2D eigenvalue weighted by Gasteiger charge is -2.08.